The average molecular weight is 266 g/mol. The summed E-state index contributed by atoms with van der Waals surface area (Å²) < 4.78 is 28.2. The molecule has 0 amide bonds. The third kappa shape index (κ3) is 3.57. The van der Waals surface area contributed by atoms with E-state index in [9.17, 15) is 8.78 Å². The first kappa shape index (κ1) is 13.6. The van der Waals surface area contributed by atoms with Crippen LogP contribution in [-0.2, 0) is 13.5 Å². The van der Waals surface area contributed by atoms with E-state index in [1.54, 1.807) is 25.0 Å². The predicted octanol–water partition coefficient (Wildman–Crippen LogP) is 1.99. The predicted molar refractivity (Wildman–Crippen MR) is 67.5 cm³/mol. The summed E-state index contributed by atoms with van der Waals surface area (Å²) >= 11 is 0. The maximum absolute atomic E-state index is 13.5. The molecule has 1 unspecified atom stereocenters. The minimum Gasteiger partial charge on any atom is -0.310 e. The molecular weight excluding hydrogens is 250 g/mol. The first-order valence-electron chi connectivity index (χ1n) is 6.09. The molecule has 0 bridgehead atoms. The van der Waals surface area contributed by atoms with E-state index < -0.39 is 11.6 Å². The zero-order valence-electron chi connectivity index (χ0n) is 10.9. The largest absolute Gasteiger partial charge is 0.310 e. The summed E-state index contributed by atoms with van der Waals surface area (Å²) in [5.74, 6) is -0.115. The number of aryl methyl sites for hydroxylation is 1. The quantitative estimate of drug-likeness (QED) is 0.900. The van der Waals surface area contributed by atoms with Crippen LogP contribution < -0.4 is 5.32 Å². The lowest BCUT2D eigenvalue weighted by Crippen LogP contribution is -2.22. The molecule has 0 aliphatic rings. The van der Waals surface area contributed by atoms with Crippen molar-refractivity contribution in [2.24, 2.45) is 7.05 Å². The van der Waals surface area contributed by atoms with Gasteiger partial charge in [0.05, 0.1) is 0 Å². The lowest BCUT2D eigenvalue weighted by molar-refractivity contribution is 0.518. The monoisotopic (exact) mass is 266 g/mol. The molecule has 0 aliphatic carbocycles. The molecule has 6 heteroatoms. The van der Waals surface area contributed by atoms with Crippen molar-refractivity contribution in [1.82, 2.24) is 20.1 Å². The van der Waals surface area contributed by atoms with Crippen LogP contribution in [0.25, 0.3) is 0 Å². The SMILES string of the molecule is CC(NCCc1ncn(C)n1)c1cc(F)ccc1F. The fourth-order valence-corrected chi connectivity index (χ4v) is 1.86. The van der Waals surface area contributed by atoms with Crippen LogP contribution in [-0.4, -0.2) is 21.3 Å². The van der Waals surface area contributed by atoms with Crippen molar-refractivity contribution in [3.63, 3.8) is 0 Å². The number of benzene rings is 1. The number of hydrogen-bond acceptors (Lipinski definition) is 3. The normalized spacial score (nSPS) is 12.6. The molecule has 0 aliphatic heterocycles. The van der Waals surface area contributed by atoms with Crippen molar-refractivity contribution in [2.45, 2.75) is 19.4 Å². The second kappa shape index (κ2) is 5.88. The van der Waals surface area contributed by atoms with Crippen LogP contribution in [0.5, 0.6) is 0 Å². The fraction of sp³-hybridized carbons (Fsp3) is 0.385. The van der Waals surface area contributed by atoms with Gasteiger partial charge in [0.1, 0.15) is 18.0 Å². The molecule has 0 radical (unpaired) electrons. The van der Waals surface area contributed by atoms with E-state index >= 15 is 0 Å². The molecule has 2 rings (SSSR count). The summed E-state index contributed by atoms with van der Waals surface area (Å²) in [5, 5.41) is 7.27. The summed E-state index contributed by atoms with van der Waals surface area (Å²) in [5.41, 5.74) is 0.328. The number of aromatic nitrogens is 3. The maximum atomic E-state index is 13.5. The standard InChI is InChI=1S/C13H16F2N4/c1-9(11-7-10(14)3-4-12(11)15)16-6-5-13-17-8-19(2)18-13/h3-4,7-9,16H,5-6H2,1-2H3. The van der Waals surface area contributed by atoms with Gasteiger partial charge in [0.2, 0.25) is 0 Å². The second-order valence-corrected chi connectivity index (χ2v) is 4.43. The van der Waals surface area contributed by atoms with Gasteiger partial charge in [0, 0.05) is 31.6 Å². The highest BCUT2D eigenvalue weighted by Gasteiger charge is 2.11. The third-order valence-electron chi connectivity index (χ3n) is 2.87. The summed E-state index contributed by atoms with van der Waals surface area (Å²) in [4.78, 5) is 4.09. The lowest BCUT2D eigenvalue weighted by atomic mass is 10.1. The van der Waals surface area contributed by atoms with Gasteiger partial charge in [-0.05, 0) is 25.1 Å². The average Bonchev–Trinajstić information content (AvgIpc) is 2.78. The zero-order chi connectivity index (χ0) is 13.8. The Hall–Kier alpha value is -1.82. The van der Waals surface area contributed by atoms with Crippen LogP contribution in [0.15, 0.2) is 24.5 Å². The first-order chi connectivity index (χ1) is 9.06. The number of nitrogens with one attached hydrogen (secondary N) is 1. The van der Waals surface area contributed by atoms with Gasteiger partial charge in [-0.25, -0.2) is 13.8 Å². The van der Waals surface area contributed by atoms with Crippen molar-refractivity contribution < 1.29 is 8.78 Å². The molecule has 0 spiro atoms. The molecule has 1 aromatic carbocycles. The molecule has 19 heavy (non-hydrogen) atoms. The third-order valence-corrected chi connectivity index (χ3v) is 2.87. The summed E-state index contributed by atoms with van der Waals surface area (Å²) in [6.07, 6.45) is 2.27. The number of halogens is 2. The Kier molecular flexibility index (Phi) is 4.21. The summed E-state index contributed by atoms with van der Waals surface area (Å²) in [7, 11) is 1.80. The molecule has 4 nitrogen and oxygen atoms in total. The van der Waals surface area contributed by atoms with Crippen LogP contribution in [0.4, 0.5) is 8.78 Å². The van der Waals surface area contributed by atoms with E-state index in [1.165, 1.54) is 6.07 Å². The Morgan fingerprint density at radius 1 is 1.37 bits per heavy atom. The van der Waals surface area contributed by atoms with Gasteiger partial charge in [0.15, 0.2) is 5.82 Å². The molecular formula is C13H16F2N4. The van der Waals surface area contributed by atoms with Crippen molar-refractivity contribution in [1.29, 1.82) is 0 Å². The fourth-order valence-electron chi connectivity index (χ4n) is 1.86. The molecule has 1 heterocycles. The van der Waals surface area contributed by atoms with Gasteiger partial charge in [0.25, 0.3) is 0 Å². The maximum Gasteiger partial charge on any atom is 0.151 e. The van der Waals surface area contributed by atoms with Gasteiger partial charge in [-0.1, -0.05) is 0 Å². The molecule has 0 saturated carbocycles. The Bertz CT molecular complexity index is 553. The van der Waals surface area contributed by atoms with Gasteiger partial charge in [-0.3, -0.25) is 4.68 Å². The highest BCUT2D eigenvalue weighted by Crippen LogP contribution is 2.17. The van der Waals surface area contributed by atoms with Crippen LogP contribution in [0, 0.1) is 11.6 Å². The second-order valence-electron chi connectivity index (χ2n) is 4.43. The first-order valence-corrected chi connectivity index (χ1v) is 6.09. The van der Waals surface area contributed by atoms with Crippen molar-refractivity contribution in [2.75, 3.05) is 6.54 Å². The number of rotatable bonds is 5. The lowest BCUT2D eigenvalue weighted by Gasteiger charge is -2.14. The van der Waals surface area contributed by atoms with Crippen LogP contribution >= 0.6 is 0 Å². The molecule has 1 atom stereocenters. The Labute approximate surface area is 110 Å². The molecule has 2 aromatic rings. The van der Waals surface area contributed by atoms with E-state index in [1.807, 2.05) is 0 Å². The smallest absolute Gasteiger partial charge is 0.151 e. The van der Waals surface area contributed by atoms with Gasteiger partial charge in [-0.2, -0.15) is 5.10 Å². The highest BCUT2D eigenvalue weighted by atomic mass is 19.1. The Morgan fingerprint density at radius 2 is 2.16 bits per heavy atom. The minimum atomic E-state index is -0.434. The van der Waals surface area contributed by atoms with E-state index in [0.29, 0.717) is 18.5 Å². The van der Waals surface area contributed by atoms with Crippen molar-refractivity contribution in [3.05, 3.63) is 47.5 Å². The van der Waals surface area contributed by atoms with E-state index in [2.05, 4.69) is 15.4 Å². The molecule has 102 valence electrons. The van der Waals surface area contributed by atoms with Crippen molar-refractivity contribution >= 4 is 0 Å². The number of nitrogens with zero attached hydrogens (tertiary/aromatic N) is 3. The van der Waals surface area contributed by atoms with E-state index in [4.69, 9.17) is 0 Å². The van der Waals surface area contributed by atoms with Crippen LogP contribution in [0.3, 0.4) is 0 Å². The Balaban J connectivity index is 1.90. The molecule has 1 N–H and O–H groups in total. The summed E-state index contributed by atoms with van der Waals surface area (Å²) in [6, 6.07) is 3.21. The topological polar surface area (TPSA) is 42.7 Å². The van der Waals surface area contributed by atoms with Crippen LogP contribution in [0.2, 0.25) is 0 Å². The number of hydrogen-bond donors (Lipinski definition) is 1. The molecule has 0 fully saturated rings. The Morgan fingerprint density at radius 3 is 2.84 bits per heavy atom. The van der Waals surface area contributed by atoms with Gasteiger partial charge >= 0.3 is 0 Å². The van der Waals surface area contributed by atoms with E-state index in [-0.39, 0.29) is 6.04 Å². The molecule has 0 saturated heterocycles. The van der Waals surface area contributed by atoms with E-state index in [0.717, 1.165) is 18.0 Å². The molecule has 1 aromatic heterocycles. The van der Waals surface area contributed by atoms with Gasteiger partial charge < -0.3 is 5.32 Å². The van der Waals surface area contributed by atoms with Crippen LogP contribution in [0.1, 0.15) is 24.4 Å². The summed E-state index contributed by atoms with van der Waals surface area (Å²) in [6.45, 7) is 2.39. The highest BCUT2D eigenvalue weighted by molar-refractivity contribution is 5.21. The zero-order valence-corrected chi connectivity index (χ0v) is 10.9. The van der Waals surface area contributed by atoms with Gasteiger partial charge in [-0.15, -0.1) is 0 Å². The van der Waals surface area contributed by atoms with Crippen molar-refractivity contribution in [3.8, 4) is 0 Å². The minimum absolute atomic E-state index is 0.264.